The zero-order valence-corrected chi connectivity index (χ0v) is 21.1. The third-order valence-corrected chi connectivity index (χ3v) is 7.22. The Kier molecular flexibility index (Phi) is 8.79. The molecular formula is C24H30N4O5S. The summed E-state index contributed by atoms with van der Waals surface area (Å²) >= 11 is 0. The van der Waals surface area contributed by atoms with Gasteiger partial charge in [0.05, 0.1) is 4.90 Å². The first kappa shape index (κ1) is 26.8. The van der Waals surface area contributed by atoms with E-state index in [9.17, 15) is 23.3 Å². The molecule has 34 heavy (non-hydrogen) atoms. The average Bonchev–Trinajstić information content (AvgIpc) is 3.04. The van der Waals surface area contributed by atoms with Crippen molar-refractivity contribution in [3.05, 3.63) is 52.4 Å². The van der Waals surface area contributed by atoms with E-state index in [4.69, 9.17) is 4.74 Å². The number of esters is 1. The summed E-state index contributed by atoms with van der Waals surface area (Å²) in [5.41, 5.74) is 3.23. The van der Waals surface area contributed by atoms with Crippen molar-refractivity contribution in [1.82, 2.24) is 8.87 Å². The Hall–Kier alpha value is -3.42. The van der Waals surface area contributed by atoms with Crippen LogP contribution in [-0.2, 0) is 30.9 Å². The summed E-state index contributed by atoms with van der Waals surface area (Å²) in [4.78, 5) is 24.7. The summed E-state index contributed by atoms with van der Waals surface area (Å²) in [6.45, 7) is 7.78. The van der Waals surface area contributed by atoms with Gasteiger partial charge in [-0.25, -0.2) is 17.5 Å². The number of benzene rings is 1. The van der Waals surface area contributed by atoms with Crippen molar-refractivity contribution in [3.63, 3.8) is 0 Å². The van der Waals surface area contributed by atoms with Gasteiger partial charge in [-0.2, -0.15) is 5.26 Å². The number of anilines is 1. The smallest absolute Gasteiger partial charge is 0.349 e. The second-order valence-electron chi connectivity index (χ2n) is 8.04. The predicted molar refractivity (Wildman–Crippen MR) is 129 cm³/mol. The number of carbonyl (C=O) groups is 2. The molecule has 0 spiro atoms. The largest absolute Gasteiger partial charge is 0.451 e. The number of carbonyl (C=O) groups excluding carboxylic acids is 2. The van der Waals surface area contributed by atoms with Gasteiger partial charge in [-0.15, -0.1) is 0 Å². The highest BCUT2D eigenvalue weighted by molar-refractivity contribution is 7.89. The van der Waals surface area contributed by atoms with E-state index in [0.29, 0.717) is 5.56 Å². The van der Waals surface area contributed by atoms with E-state index in [-0.39, 0.29) is 16.2 Å². The molecule has 0 saturated carbocycles. The normalized spacial score (nSPS) is 11.9. The van der Waals surface area contributed by atoms with Crippen molar-refractivity contribution in [1.29, 1.82) is 5.26 Å². The van der Waals surface area contributed by atoms with Gasteiger partial charge in [-0.1, -0.05) is 13.0 Å². The van der Waals surface area contributed by atoms with Gasteiger partial charge in [0.25, 0.3) is 5.91 Å². The van der Waals surface area contributed by atoms with Crippen LogP contribution in [0.3, 0.4) is 0 Å². The molecule has 0 aliphatic carbocycles. The lowest BCUT2D eigenvalue weighted by Crippen LogP contribution is -2.24. The lowest BCUT2D eigenvalue weighted by molar-refractivity contribution is -0.142. The topological polar surface area (TPSA) is 121 Å². The molecule has 0 atom stereocenters. The molecule has 1 heterocycles. The van der Waals surface area contributed by atoms with E-state index in [1.165, 1.54) is 26.2 Å². The summed E-state index contributed by atoms with van der Waals surface area (Å²) < 4.78 is 33.1. The molecule has 0 aliphatic heterocycles. The standard InChI is InChI=1S/C24H30N4O5S/c1-7-10-28-17(3)11-19(18(28)4)12-20(14-25)24(30)33-15-23(29)26-21-9-8-16(2)22(13-21)34(31,32)27(5)6/h8-9,11-13H,7,10,15H2,1-6H3,(H,26,29)/b20-12+. The second-order valence-corrected chi connectivity index (χ2v) is 10.2. The van der Waals surface area contributed by atoms with Crippen LogP contribution in [0.5, 0.6) is 0 Å². The predicted octanol–water partition coefficient (Wildman–Crippen LogP) is 3.16. The van der Waals surface area contributed by atoms with Gasteiger partial charge in [-0.3, -0.25) is 4.79 Å². The maximum absolute atomic E-state index is 12.5. The minimum atomic E-state index is -3.69. The van der Waals surface area contributed by atoms with Crippen LogP contribution in [0.1, 0.15) is 35.9 Å². The molecule has 0 bridgehead atoms. The van der Waals surface area contributed by atoms with Crippen LogP contribution in [0.25, 0.3) is 6.08 Å². The number of aromatic nitrogens is 1. The number of amides is 1. The minimum Gasteiger partial charge on any atom is -0.451 e. The fraction of sp³-hybridized carbons (Fsp3) is 0.375. The van der Waals surface area contributed by atoms with Crippen LogP contribution in [0, 0.1) is 32.1 Å². The van der Waals surface area contributed by atoms with Gasteiger partial charge in [0.2, 0.25) is 10.0 Å². The fourth-order valence-corrected chi connectivity index (χ4v) is 4.54. The molecule has 1 aromatic heterocycles. The van der Waals surface area contributed by atoms with E-state index in [0.717, 1.165) is 34.2 Å². The minimum absolute atomic E-state index is 0.0580. The molecule has 0 unspecified atom stereocenters. The van der Waals surface area contributed by atoms with Crippen molar-refractivity contribution in [2.45, 2.75) is 45.6 Å². The highest BCUT2D eigenvalue weighted by Crippen LogP contribution is 2.22. The number of ether oxygens (including phenoxy) is 1. The van der Waals surface area contributed by atoms with E-state index < -0.39 is 28.5 Å². The number of nitriles is 1. The van der Waals surface area contributed by atoms with Gasteiger partial charge >= 0.3 is 5.97 Å². The highest BCUT2D eigenvalue weighted by atomic mass is 32.2. The average molecular weight is 487 g/mol. The van der Waals surface area contributed by atoms with E-state index in [1.54, 1.807) is 19.1 Å². The number of hydrogen-bond donors (Lipinski definition) is 1. The molecule has 1 amide bonds. The Balaban J connectivity index is 2.10. The number of nitrogens with zero attached hydrogens (tertiary/aromatic N) is 3. The fourth-order valence-electron chi connectivity index (χ4n) is 3.39. The van der Waals surface area contributed by atoms with Crippen LogP contribution < -0.4 is 5.32 Å². The van der Waals surface area contributed by atoms with Crippen LogP contribution in [-0.4, -0.2) is 49.9 Å². The number of sulfonamides is 1. The van der Waals surface area contributed by atoms with Gasteiger partial charge in [0.1, 0.15) is 11.6 Å². The first-order valence-corrected chi connectivity index (χ1v) is 12.1. The number of hydrogen-bond acceptors (Lipinski definition) is 6. The number of rotatable bonds is 9. The summed E-state index contributed by atoms with van der Waals surface area (Å²) in [6, 6.07) is 8.18. The summed E-state index contributed by atoms with van der Waals surface area (Å²) in [5, 5.41) is 11.9. The third kappa shape index (κ3) is 6.12. The van der Waals surface area contributed by atoms with E-state index >= 15 is 0 Å². The van der Waals surface area contributed by atoms with Crippen molar-refractivity contribution in [3.8, 4) is 6.07 Å². The quantitative estimate of drug-likeness (QED) is 0.330. The molecule has 0 aliphatic rings. The van der Waals surface area contributed by atoms with Crippen molar-refractivity contribution in [2.24, 2.45) is 0 Å². The van der Waals surface area contributed by atoms with E-state index in [1.807, 2.05) is 26.0 Å². The Bertz CT molecular complexity index is 1270. The molecule has 1 N–H and O–H groups in total. The first-order chi connectivity index (χ1) is 15.9. The zero-order chi connectivity index (χ0) is 25.6. The molecule has 182 valence electrons. The Labute approximate surface area is 200 Å². The van der Waals surface area contributed by atoms with Crippen molar-refractivity contribution < 1.29 is 22.7 Å². The van der Waals surface area contributed by atoms with Gasteiger partial charge in [0.15, 0.2) is 6.61 Å². The summed E-state index contributed by atoms with van der Waals surface area (Å²) in [7, 11) is -0.857. The summed E-state index contributed by atoms with van der Waals surface area (Å²) in [5.74, 6) is -1.58. The van der Waals surface area contributed by atoms with Crippen LogP contribution >= 0.6 is 0 Å². The Morgan fingerprint density at radius 1 is 1.21 bits per heavy atom. The van der Waals surface area contributed by atoms with Gasteiger partial charge in [0, 0.05) is 37.7 Å². The molecular weight excluding hydrogens is 456 g/mol. The molecule has 1 aromatic carbocycles. The Morgan fingerprint density at radius 3 is 2.47 bits per heavy atom. The van der Waals surface area contributed by atoms with Gasteiger partial charge in [-0.05, 0) is 62.6 Å². The molecule has 0 radical (unpaired) electrons. The van der Waals surface area contributed by atoms with E-state index in [2.05, 4.69) is 16.8 Å². The molecule has 0 fully saturated rings. The summed E-state index contributed by atoms with van der Waals surface area (Å²) in [6.07, 6.45) is 2.40. The molecule has 9 nitrogen and oxygen atoms in total. The highest BCUT2D eigenvalue weighted by Gasteiger charge is 2.21. The monoisotopic (exact) mass is 486 g/mol. The maximum atomic E-state index is 12.5. The third-order valence-electron chi connectivity index (χ3n) is 5.27. The lowest BCUT2D eigenvalue weighted by Gasteiger charge is -2.15. The molecule has 0 saturated heterocycles. The second kappa shape index (κ2) is 11.1. The van der Waals surface area contributed by atoms with Crippen LogP contribution in [0.15, 0.2) is 34.7 Å². The zero-order valence-electron chi connectivity index (χ0n) is 20.3. The molecule has 2 rings (SSSR count). The lowest BCUT2D eigenvalue weighted by atomic mass is 10.1. The van der Waals surface area contributed by atoms with Crippen molar-refractivity contribution in [2.75, 3.05) is 26.0 Å². The number of aryl methyl sites for hydroxylation is 2. The SMILES string of the molecule is CCCn1c(C)cc(/C=C(\C#N)C(=O)OCC(=O)Nc2ccc(C)c(S(=O)(=O)N(C)C)c2)c1C. The van der Waals surface area contributed by atoms with Crippen LogP contribution in [0.2, 0.25) is 0 Å². The van der Waals surface area contributed by atoms with Crippen molar-refractivity contribution >= 4 is 33.7 Å². The number of nitrogens with one attached hydrogen (secondary N) is 1. The first-order valence-electron chi connectivity index (χ1n) is 10.7. The Morgan fingerprint density at radius 2 is 1.88 bits per heavy atom. The molecule has 2 aromatic rings. The van der Waals surface area contributed by atoms with Gasteiger partial charge < -0.3 is 14.6 Å². The van der Waals surface area contributed by atoms with Crippen LogP contribution in [0.4, 0.5) is 5.69 Å². The maximum Gasteiger partial charge on any atom is 0.349 e. The molecule has 10 heteroatoms.